The van der Waals surface area contributed by atoms with Gasteiger partial charge in [-0.05, 0) is 31.6 Å². The molecule has 1 aromatic heterocycles. The molecular formula is C16H26N4O. The van der Waals surface area contributed by atoms with E-state index in [0.717, 1.165) is 31.0 Å². The molecule has 0 spiro atoms. The lowest BCUT2D eigenvalue weighted by molar-refractivity contribution is -0.121. The highest BCUT2D eigenvalue weighted by Gasteiger charge is 2.18. The monoisotopic (exact) mass is 290 g/mol. The number of carbonyl (C=O) groups is 1. The predicted octanol–water partition coefficient (Wildman–Crippen LogP) is 2.24. The molecule has 2 heterocycles. The Kier molecular flexibility index (Phi) is 4.88. The summed E-state index contributed by atoms with van der Waals surface area (Å²) in [6.07, 6.45) is 11.3. The van der Waals surface area contributed by atoms with Crippen molar-refractivity contribution < 1.29 is 4.79 Å². The molecule has 3 rings (SSSR count). The first-order valence-corrected chi connectivity index (χ1v) is 8.50. The molecule has 1 aliphatic heterocycles. The van der Waals surface area contributed by atoms with Crippen molar-refractivity contribution in [2.24, 2.45) is 5.92 Å². The topological polar surface area (TPSA) is 59.8 Å². The molecule has 0 unspecified atom stereocenters. The molecular weight excluding hydrogens is 264 g/mol. The summed E-state index contributed by atoms with van der Waals surface area (Å²) >= 11 is 0. The molecule has 5 nitrogen and oxygen atoms in total. The van der Waals surface area contributed by atoms with E-state index in [1.54, 1.807) is 0 Å². The molecule has 1 fully saturated rings. The van der Waals surface area contributed by atoms with Crippen LogP contribution in [0.3, 0.4) is 0 Å². The molecule has 0 atom stereocenters. The standard InChI is InChI=1S/C16H26N4O/c21-16(12-13-6-3-4-7-13)17-10-9-15-19-18-14-8-2-1-5-11-20(14)15/h13H,1-12H2,(H,17,21). The van der Waals surface area contributed by atoms with Crippen LogP contribution in [-0.4, -0.2) is 27.2 Å². The van der Waals surface area contributed by atoms with Crippen molar-refractivity contribution in [1.82, 2.24) is 20.1 Å². The number of carbonyl (C=O) groups excluding carboxylic acids is 1. The van der Waals surface area contributed by atoms with E-state index in [1.807, 2.05) is 0 Å². The van der Waals surface area contributed by atoms with Gasteiger partial charge in [0.25, 0.3) is 0 Å². The van der Waals surface area contributed by atoms with Gasteiger partial charge in [-0.15, -0.1) is 10.2 Å². The van der Waals surface area contributed by atoms with E-state index in [1.165, 1.54) is 44.9 Å². The minimum Gasteiger partial charge on any atom is -0.356 e. The predicted molar refractivity (Wildman–Crippen MR) is 80.9 cm³/mol. The number of aromatic nitrogens is 3. The summed E-state index contributed by atoms with van der Waals surface area (Å²) in [7, 11) is 0. The molecule has 0 bridgehead atoms. The highest BCUT2D eigenvalue weighted by atomic mass is 16.1. The second kappa shape index (κ2) is 7.05. The highest BCUT2D eigenvalue weighted by Crippen LogP contribution is 2.27. The van der Waals surface area contributed by atoms with Gasteiger partial charge in [-0.3, -0.25) is 4.79 Å². The van der Waals surface area contributed by atoms with E-state index in [0.29, 0.717) is 18.9 Å². The number of rotatable bonds is 5. The van der Waals surface area contributed by atoms with E-state index in [9.17, 15) is 4.79 Å². The normalized spacial score (nSPS) is 19.2. The summed E-state index contributed by atoms with van der Waals surface area (Å²) in [6, 6.07) is 0. The Morgan fingerprint density at radius 2 is 2.00 bits per heavy atom. The zero-order valence-corrected chi connectivity index (χ0v) is 12.8. The van der Waals surface area contributed by atoms with E-state index < -0.39 is 0 Å². The van der Waals surface area contributed by atoms with Crippen molar-refractivity contribution in [1.29, 1.82) is 0 Å². The fourth-order valence-corrected chi connectivity index (χ4v) is 3.59. The lowest BCUT2D eigenvalue weighted by atomic mass is 10.0. The third-order valence-corrected chi connectivity index (χ3v) is 4.81. The molecule has 0 saturated heterocycles. The van der Waals surface area contributed by atoms with Gasteiger partial charge in [-0.2, -0.15) is 0 Å². The molecule has 2 aliphatic rings. The van der Waals surface area contributed by atoms with Crippen LogP contribution in [0.1, 0.15) is 63.0 Å². The van der Waals surface area contributed by atoms with Gasteiger partial charge in [0.15, 0.2) is 0 Å². The van der Waals surface area contributed by atoms with Crippen LogP contribution in [0, 0.1) is 5.92 Å². The maximum Gasteiger partial charge on any atom is 0.220 e. The Morgan fingerprint density at radius 3 is 2.86 bits per heavy atom. The van der Waals surface area contributed by atoms with Crippen molar-refractivity contribution in [3.63, 3.8) is 0 Å². The van der Waals surface area contributed by atoms with Crippen LogP contribution >= 0.6 is 0 Å². The Morgan fingerprint density at radius 1 is 1.14 bits per heavy atom. The lowest BCUT2D eigenvalue weighted by Gasteiger charge is -2.10. The number of nitrogens with zero attached hydrogens (tertiary/aromatic N) is 3. The quantitative estimate of drug-likeness (QED) is 0.904. The largest absolute Gasteiger partial charge is 0.356 e. The van der Waals surface area contributed by atoms with Crippen molar-refractivity contribution in [3.8, 4) is 0 Å². The fourth-order valence-electron chi connectivity index (χ4n) is 3.59. The number of aryl methyl sites for hydroxylation is 1. The number of nitrogens with one attached hydrogen (secondary N) is 1. The molecule has 1 amide bonds. The second-order valence-corrected chi connectivity index (χ2v) is 6.45. The summed E-state index contributed by atoms with van der Waals surface area (Å²) < 4.78 is 2.26. The van der Waals surface area contributed by atoms with Crippen molar-refractivity contribution in [2.45, 2.75) is 70.8 Å². The summed E-state index contributed by atoms with van der Waals surface area (Å²) in [4.78, 5) is 11.9. The number of hydrogen-bond donors (Lipinski definition) is 1. The van der Waals surface area contributed by atoms with Crippen molar-refractivity contribution >= 4 is 5.91 Å². The SMILES string of the molecule is O=C(CC1CCCC1)NCCc1nnc2n1CCCCC2. The summed E-state index contributed by atoms with van der Waals surface area (Å²) in [5.41, 5.74) is 0. The minimum absolute atomic E-state index is 0.206. The smallest absolute Gasteiger partial charge is 0.220 e. The Bertz CT molecular complexity index is 477. The lowest BCUT2D eigenvalue weighted by Crippen LogP contribution is -2.27. The zero-order valence-electron chi connectivity index (χ0n) is 12.8. The average Bonchev–Trinajstić information content (AvgIpc) is 3.04. The van der Waals surface area contributed by atoms with Crippen molar-refractivity contribution in [2.75, 3.05) is 6.54 Å². The van der Waals surface area contributed by atoms with Gasteiger partial charge in [-0.25, -0.2) is 0 Å². The van der Waals surface area contributed by atoms with Gasteiger partial charge in [0.2, 0.25) is 5.91 Å². The molecule has 5 heteroatoms. The van der Waals surface area contributed by atoms with Crippen LogP contribution in [0.15, 0.2) is 0 Å². The van der Waals surface area contributed by atoms with Crippen LogP contribution < -0.4 is 5.32 Å². The van der Waals surface area contributed by atoms with Crippen LogP contribution in [-0.2, 0) is 24.2 Å². The first-order chi connectivity index (χ1) is 10.3. The minimum atomic E-state index is 0.206. The van der Waals surface area contributed by atoms with Gasteiger partial charge >= 0.3 is 0 Å². The van der Waals surface area contributed by atoms with Crippen molar-refractivity contribution in [3.05, 3.63) is 11.6 Å². The Hall–Kier alpha value is -1.39. The van der Waals surface area contributed by atoms with Gasteiger partial charge < -0.3 is 9.88 Å². The number of fused-ring (bicyclic) bond motifs is 1. The van der Waals surface area contributed by atoms with E-state index >= 15 is 0 Å². The van der Waals surface area contributed by atoms with Crippen LogP contribution in [0.2, 0.25) is 0 Å². The first-order valence-electron chi connectivity index (χ1n) is 8.50. The zero-order chi connectivity index (χ0) is 14.5. The van der Waals surface area contributed by atoms with E-state index in [2.05, 4.69) is 20.1 Å². The van der Waals surface area contributed by atoms with Gasteiger partial charge in [0.1, 0.15) is 11.6 Å². The molecule has 1 aromatic rings. The Balaban J connectivity index is 1.44. The third-order valence-electron chi connectivity index (χ3n) is 4.81. The average molecular weight is 290 g/mol. The van der Waals surface area contributed by atoms with Gasteiger partial charge in [-0.1, -0.05) is 19.3 Å². The van der Waals surface area contributed by atoms with Gasteiger partial charge in [0, 0.05) is 32.4 Å². The maximum absolute atomic E-state index is 11.9. The molecule has 1 aliphatic carbocycles. The number of amides is 1. The Labute approximate surface area is 126 Å². The molecule has 116 valence electrons. The van der Waals surface area contributed by atoms with Crippen LogP contribution in [0.25, 0.3) is 0 Å². The third kappa shape index (κ3) is 3.83. The summed E-state index contributed by atoms with van der Waals surface area (Å²) in [5.74, 6) is 2.99. The molecule has 0 aromatic carbocycles. The molecule has 21 heavy (non-hydrogen) atoms. The van der Waals surface area contributed by atoms with E-state index in [-0.39, 0.29) is 5.91 Å². The van der Waals surface area contributed by atoms with E-state index in [4.69, 9.17) is 0 Å². The van der Waals surface area contributed by atoms with Gasteiger partial charge in [0.05, 0.1) is 0 Å². The first kappa shape index (κ1) is 14.5. The number of hydrogen-bond acceptors (Lipinski definition) is 3. The molecule has 0 radical (unpaired) electrons. The summed E-state index contributed by atoms with van der Waals surface area (Å²) in [6.45, 7) is 1.72. The summed E-state index contributed by atoms with van der Waals surface area (Å²) in [5, 5.41) is 11.6. The molecule has 1 saturated carbocycles. The maximum atomic E-state index is 11.9. The second-order valence-electron chi connectivity index (χ2n) is 6.45. The molecule has 1 N–H and O–H groups in total. The van der Waals surface area contributed by atoms with Crippen LogP contribution in [0.5, 0.6) is 0 Å². The fraction of sp³-hybridized carbons (Fsp3) is 0.812. The van der Waals surface area contributed by atoms with Crippen LogP contribution in [0.4, 0.5) is 0 Å². The highest BCUT2D eigenvalue weighted by molar-refractivity contribution is 5.76.